The fourth-order valence-electron chi connectivity index (χ4n) is 4.01. The van der Waals surface area contributed by atoms with Crippen molar-refractivity contribution in [2.75, 3.05) is 23.3 Å². The number of aromatic nitrogens is 3. The number of anilines is 2. The molecule has 5 rings (SSSR count). The van der Waals surface area contributed by atoms with Gasteiger partial charge in [0.2, 0.25) is 0 Å². The fraction of sp³-hybridized carbons (Fsp3) is 0.240. The third-order valence-corrected chi connectivity index (χ3v) is 5.88. The maximum absolute atomic E-state index is 13.3. The normalized spacial score (nSPS) is 13.7. The molecule has 34 heavy (non-hydrogen) atoms. The number of halogens is 3. The van der Waals surface area contributed by atoms with Gasteiger partial charge in [0, 0.05) is 25.0 Å². The van der Waals surface area contributed by atoms with Gasteiger partial charge >= 0.3 is 6.18 Å². The van der Waals surface area contributed by atoms with Crippen LogP contribution in [0.3, 0.4) is 0 Å². The van der Waals surface area contributed by atoms with Crippen molar-refractivity contribution in [2.45, 2.75) is 26.1 Å². The number of rotatable bonds is 5. The molecular formula is C25H22F3N5O. The molecule has 1 fully saturated rings. The van der Waals surface area contributed by atoms with Crippen molar-refractivity contribution in [3.8, 4) is 0 Å². The van der Waals surface area contributed by atoms with Crippen molar-refractivity contribution in [2.24, 2.45) is 0 Å². The molecule has 3 aromatic heterocycles. The minimum Gasteiger partial charge on any atom is -0.356 e. The van der Waals surface area contributed by atoms with Crippen molar-refractivity contribution >= 4 is 28.4 Å². The van der Waals surface area contributed by atoms with E-state index in [1.807, 2.05) is 37.3 Å². The maximum Gasteiger partial charge on any atom is 0.433 e. The van der Waals surface area contributed by atoms with Crippen LogP contribution in [0.1, 0.15) is 33.7 Å². The molecule has 1 amide bonds. The second-order valence-electron chi connectivity index (χ2n) is 8.41. The van der Waals surface area contributed by atoms with Gasteiger partial charge in [-0.15, -0.1) is 0 Å². The van der Waals surface area contributed by atoms with Gasteiger partial charge in [-0.2, -0.15) is 13.2 Å². The summed E-state index contributed by atoms with van der Waals surface area (Å²) in [6, 6.07) is 15.1. The summed E-state index contributed by atoms with van der Waals surface area (Å²) in [5.74, 6) is 0.402. The Balaban J connectivity index is 1.51. The Hall–Kier alpha value is -3.88. The summed E-state index contributed by atoms with van der Waals surface area (Å²) < 4.78 is 41.5. The van der Waals surface area contributed by atoms with Gasteiger partial charge in [-0.3, -0.25) is 4.79 Å². The number of alkyl halides is 3. The predicted octanol–water partition coefficient (Wildman–Crippen LogP) is 5.27. The molecule has 1 N–H and O–H groups in total. The van der Waals surface area contributed by atoms with Crippen molar-refractivity contribution in [3.05, 3.63) is 83.3 Å². The van der Waals surface area contributed by atoms with E-state index >= 15 is 0 Å². The number of nitrogens with zero attached hydrogens (tertiary/aromatic N) is 4. The van der Waals surface area contributed by atoms with Crippen LogP contribution in [-0.4, -0.2) is 33.5 Å². The Kier molecular flexibility index (Phi) is 5.47. The molecule has 1 aliphatic rings. The number of hydrogen-bond donors (Lipinski definition) is 1. The van der Waals surface area contributed by atoms with Crippen LogP contribution in [0.25, 0.3) is 11.0 Å². The topological polar surface area (TPSA) is 63.1 Å². The van der Waals surface area contributed by atoms with Crippen molar-refractivity contribution in [1.82, 2.24) is 14.5 Å². The fourth-order valence-corrected chi connectivity index (χ4v) is 4.01. The summed E-state index contributed by atoms with van der Waals surface area (Å²) in [5.41, 5.74) is 1.69. The van der Waals surface area contributed by atoms with Crippen LogP contribution in [0.5, 0.6) is 0 Å². The maximum atomic E-state index is 13.3. The highest BCUT2D eigenvalue weighted by molar-refractivity contribution is 6.06. The van der Waals surface area contributed by atoms with Crippen molar-refractivity contribution in [1.29, 1.82) is 0 Å². The molecule has 1 saturated heterocycles. The van der Waals surface area contributed by atoms with Crippen LogP contribution in [-0.2, 0) is 12.7 Å². The van der Waals surface area contributed by atoms with E-state index in [2.05, 4.69) is 20.2 Å². The first kappa shape index (κ1) is 21.9. The van der Waals surface area contributed by atoms with Crippen LogP contribution >= 0.6 is 0 Å². The van der Waals surface area contributed by atoms with E-state index in [9.17, 15) is 18.0 Å². The third kappa shape index (κ3) is 4.33. The molecule has 1 aromatic carbocycles. The van der Waals surface area contributed by atoms with Gasteiger partial charge in [0.15, 0.2) is 0 Å². The van der Waals surface area contributed by atoms with Crippen LogP contribution in [0.2, 0.25) is 0 Å². The summed E-state index contributed by atoms with van der Waals surface area (Å²) >= 11 is 0. The number of benzene rings is 1. The number of amides is 1. The summed E-state index contributed by atoms with van der Waals surface area (Å²) in [6.07, 6.45) is -1.87. The smallest absolute Gasteiger partial charge is 0.356 e. The van der Waals surface area contributed by atoms with Crippen molar-refractivity contribution < 1.29 is 18.0 Å². The Bertz CT molecular complexity index is 1360. The highest BCUT2D eigenvalue weighted by Gasteiger charge is 2.33. The zero-order chi connectivity index (χ0) is 23.9. The molecule has 0 aliphatic carbocycles. The third-order valence-electron chi connectivity index (χ3n) is 5.88. The van der Waals surface area contributed by atoms with Gasteiger partial charge in [0.1, 0.15) is 22.9 Å². The van der Waals surface area contributed by atoms with Gasteiger partial charge < -0.3 is 14.8 Å². The van der Waals surface area contributed by atoms with E-state index in [1.165, 1.54) is 10.6 Å². The molecule has 1 aliphatic heterocycles. The van der Waals surface area contributed by atoms with Gasteiger partial charge in [0.25, 0.3) is 5.91 Å². The second kappa shape index (κ2) is 8.48. The lowest BCUT2D eigenvalue weighted by molar-refractivity contribution is -0.141. The summed E-state index contributed by atoms with van der Waals surface area (Å²) in [7, 11) is 0. The molecular weight excluding hydrogens is 443 g/mol. The zero-order valence-corrected chi connectivity index (χ0v) is 18.4. The Morgan fingerprint density at radius 2 is 1.91 bits per heavy atom. The predicted molar refractivity (Wildman–Crippen MR) is 124 cm³/mol. The summed E-state index contributed by atoms with van der Waals surface area (Å²) in [4.78, 5) is 23.6. The first-order valence-corrected chi connectivity index (χ1v) is 10.9. The van der Waals surface area contributed by atoms with Gasteiger partial charge in [0.05, 0.1) is 11.9 Å². The van der Waals surface area contributed by atoms with Crippen molar-refractivity contribution in [3.63, 3.8) is 0 Å². The molecule has 6 nitrogen and oxygen atoms in total. The van der Waals surface area contributed by atoms with E-state index in [0.29, 0.717) is 11.1 Å². The standard InChI is InChI=1S/C25H22F3N5O/c1-16-4-2-5-17(12-16)15-33-20(13-18-6-8-21(25(26,27)28)31-23(18)33)24(34)30-19-7-9-22(29-14-19)32-10-3-11-32/h2,4-9,12-14H,3,10-11,15H2,1H3,(H,30,34). The van der Waals surface area contributed by atoms with E-state index < -0.39 is 17.8 Å². The molecule has 0 saturated carbocycles. The number of pyridine rings is 2. The lowest BCUT2D eigenvalue weighted by atomic mass is 10.1. The lowest BCUT2D eigenvalue weighted by Gasteiger charge is -2.31. The van der Waals surface area contributed by atoms with E-state index in [-0.39, 0.29) is 17.9 Å². The largest absolute Gasteiger partial charge is 0.433 e. The number of carbonyl (C=O) groups is 1. The number of nitrogens with one attached hydrogen (secondary N) is 1. The van der Waals surface area contributed by atoms with Crippen LogP contribution in [0.4, 0.5) is 24.7 Å². The SMILES string of the molecule is Cc1cccc(Cn2c(C(=O)Nc3ccc(N4CCC4)nc3)cc3ccc(C(F)(F)F)nc32)c1. The number of fused-ring (bicyclic) bond motifs is 1. The average Bonchev–Trinajstić information content (AvgIpc) is 3.11. The zero-order valence-electron chi connectivity index (χ0n) is 18.4. The van der Waals surface area contributed by atoms with E-state index in [1.54, 1.807) is 18.3 Å². The summed E-state index contributed by atoms with van der Waals surface area (Å²) in [6.45, 7) is 4.06. The minimum absolute atomic E-state index is 0.104. The van der Waals surface area contributed by atoms with Gasteiger partial charge in [-0.05, 0) is 49.2 Å². The first-order valence-electron chi connectivity index (χ1n) is 10.9. The Labute approximate surface area is 194 Å². The number of hydrogen-bond acceptors (Lipinski definition) is 4. The Morgan fingerprint density at radius 3 is 2.56 bits per heavy atom. The molecule has 4 heterocycles. The first-order chi connectivity index (χ1) is 16.3. The highest BCUT2D eigenvalue weighted by atomic mass is 19.4. The monoisotopic (exact) mass is 465 g/mol. The lowest BCUT2D eigenvalue weighted by Crippen LogP contribution is -2.37. The molecule has 0 bridgehead atoms. The van der Waals surface area contributed by atoms with Gasteiger partial charge in [-0.25, -0.2) is 9.97 Å². The number of aryl methyl sites for hydroxylation is 1. The molecule has 9 heteroatoms. The second-order valence-corrected chi connectivity index (χ2v) is 8.41. The molecule has 4 aromatic rings. The van der Waals surface area contributed by atoms with Gasteiger partial charge in [-0.1, -0.05) is 29.8 Å². The number of carbonyl (C=O) groups excluding carboxylic acids is 1. The quantitative estimate of drug-likeness (QED) is 0.436. The highest BCUT2D eigenvalue weighted by Crippen LogP contribution is 2.30. The molecule has 0 unspecified atom stereocenters. The minimum atomic E-state index is -4.58. The molecule has 174 valence electrons. The van der Waals surface area contributed by atoms with E-state index in [4.69, 9.17) is 0 Å². The summed E-state index contributed by atoms with van der Waals surface area (Å²) in [5, 5.41) is 3.27. The average molecular weight is 465 g/mol. The van der Waals surface area contributed by atoms with Crippen LogP contribution in [0.15, 0.2) is 60.8 Å². The molecule has 0 atom stereocenters. The molecule has 0 radical (unpaired) electrons. The van der Waals surface area contributed by atoms with Crippen LogP contribution in [0, 0.1) is 6.92 Å². The molecule has 0 spiro atoms. The Morgan fingerprint density at radius 1 is 1.09 bits per heavy atom. The van der Waals surface area contributed by atoms with E-state index in [0.717, 1.165) is 42.5 Å². The van der Waals surface area contributed by atoms with Crippen LogP contribution < -0.4 is 10.2 Å².